The van der Waals surface area contributed by atoms with Gasteiger partial charge in [-0.3, -0.25) is 14.1 Å². The monoisotopic (exact) mass is 565 g/mol. The summed E-state index contributed by atoms with van der Waals surface area (Å²) >= 11 is 0. The minimum absolute atomic E-state index is 0.0902. The van der Waals surface area contributed by atoms with E-state index in [0.717, 1.165) is 23.1 Å². The maximum Gasteiger partial charge on any atom is 0.573 e. The van der Waals surface area contributed by atoms with Crippen LogP contribution < -0.4 is 4.74 Å². The van der Waals surface area contributed by atoms with Crippen LogP contribution in [0.3, 0.4) is 0 Å². The smallest absolute Gasteiger partial charge is 0.403 e. The molecule has 1 aliphatic heterocycles. The van der Waals surface area contributed by atoms with Gasteiger partial charge >= 0.3 is 6.36 Å². The van der Waals surface area contributed by atoms with Crippen LogP contribution in [0.25, 0.3) is 28.1 Å². The van der Waals surface area contributed by atoms with Crippen LogP contribution in [0.1, 0.15) is 38.7 Å². The van der Waals surface area contributed by atoms with Gasteiger partial charge in [0.05, 0.1) is 12.2 Å². The molecule has 0 saturated carbocycles. The summed E-state index contributed by atoms with van der Waals surface area (Å²) in [5, 5.41) is 5.28. The average molecular weight is 566 g/mol. The molecule has 4 aromatic rings. The lowest BCUT2D eigenvalue weighted by Crippen LogP contribution is -2.53. The van der Waals surface area contributed by atoms with Crippen LogP contribution in [0.15, 0.2) is 48.8 Å². The van der Waals surface area contributed by atoms with E-state index in [2.05, 4.69) is 9.84 Å². The molecule has 214 valence electrons. The topological polar surface area (TPSA) is 48.1 Å². The first-order valence-corrected chi connectivity index (χ1v) is 12.9. The van der Waals surface area contributed by atoms with Crippen LogP contribution in [0.5, 0.6) is 5.75 Å². The van der Waals surface area contributed by atoms with Crippen molar-refractivity contribution in [3.63, 3.8) is 0 Å². The van der Waals surface area contributed by atoms with Gasteiger partial charge in [0.1, 0.15) is 5.65 Å². The van der Waals surface area contributed by atoms with E-state index in [0.29, 0.717) is 43.0 Å². The standard InChI is InChI=1S/C28H29F6N5O/c1-26(2,38-13-4-11-27(30,31)17-38)12-9-19-16-39(24-10-14-37(3)36-24)25-20(19)6-7-22(35-25)18-5-8-23(21(29)15-18)40-28(32,33)34/h5-8,10,14-16H,4,9,11-13,17H2,1-3H3. The SMILES string of the molecule is Cn1ccc(-n2cc(CCC(C)(C)N3CCCC(F)(F)C3)c3ccc(-c4ccc(OC(F)(F)F)c(F)c4)nc32)n1. The summed E-state index contributed by atoms with van der Waals surface area (Å²) in [5.41, 5.74) is 1.63. The third-order valence-electron chi connectivity index (χ3n) is 7.39. The lowest BCUT2D eigenvalue weighted by atomic mass is 9.90. The lowest BCUT2D eigenvalue weighted by molar-refractivity contribution is -0.275. The Balaban J connectivity index is 1.48. The third-order valence-corrected chi connectivity index (χ3v) is 7.39. The maximum atomic E-state index is 14.4. The number of hydrogen-bond acceptors (Lipinski definition) is 4. The van der Waals surface area contributed by atoms with E-state index in [-0.39, 0.29) is 18.5 Å². The highest BCUT2D eigenvalue weighted by Gasteiger charge is 2.40. The minimum Gasteiger partial charge on any atom is -0.403 e. The first-order valence-electron chi connectivity index (χ1n) is 12.9. The second-order valence-electron chi connectivity index (χ2n) is 10.8. The quantitative estimate of drug-likeness (QED) is 0.229. The van der Waals surface area contributed by atoms with Crippen molar-refractivity contribution in [2.24, 2.45) is 7.05 Å². The molecule has 3 aromatic heterocycles. The van der Waals surface area contributed by atoms with E-state index in [9.17, 15) is 26.3 Å². The number of benzene rings is 1. The van der Waals surface area contributed by atoms with Crippen molar-refractivity contribution in [2.45, 2.75) is 57.4 Å². The molecule has 0 spiro atoms. The highest BCUT2D eigenvalue weighted by molar-refractivity contribution is 5.84. The van der Waals surface area contributed by atoms with Crippen molar-refractivity contribution >= 4 is 11.0 Å². The van der Waals surface area contributed by atoms with Gasteiger partial charge in [-0.2, -0.15) is 5.10 Å². The molecule has 1 aliphatic rings. The van der Waals surface area contributed by atoms with Gasteiger partial charge < -0.3 is 4.74 Å². The first-order chi connectivity index (χ1) is 18.7. The highest BCUT2D eigenvalue weighted by atomic mass is 19.4. The van der Waals surface area contributed by atoms with Crippen LogP contribution in [0, 0.1) is 5.82 Å². The fourth-order valence-electron chi connectivity index (χ4n) is 5.18. The number of likely N-dealkylation sites (tertiary alicyclic amines) is 1. The number of pyridine rings is 1. The second-order valence-corrected chi connectivity index (χ2v) is 10.8. The molecule has 5 rings (SSSR count). The molecule has 1 saturated heterocycles. The summed E-state index contributed by atoms with van der Waals surface area (Å²) in [6, 6.07) is 8.47. The molecule has 0 N–H and O–H groups in total. The predicted molar refractivity (Wildman–Crippen MR) is 138 cm³/mol. The molecule has 0 unspecified atom stereocenters. The number of aryl methyl sites for hydroxylation is 2. The summed E-state index contributed by atoms with van der Waals surface area (Å²) in [5.74, 6) is -4.19. The Morgan fingerprint density at radius 1 is 1.07 bits per heavy atom. The molecule has 12 heteroatoms. The molecular formula is C28H29F6N5O. The number of hydrogen-bond donors (Lipinski definition) is 0. The van der Waals surface area contributed by atoms with Crippen molar-refractivity contribution in [3.8, 4) is 22.8 Å². The maximum absolute atomic E-state index is 14.4. The molecule has 0 atom stereocenters. The van der Waals surface area contributed by atoms with Crippen molar-refractivity contribution < 1.29 is 31.1 Å². The Morgan fingerprint density at radius 2 is 1.85 bits per heavy atom. The van der Waals surface area contributed by atoms with Gasteiger partial charge in [0.15, 0.2) is 17.4 Å². The van der Waals surface area contributed by atoms with Gasteiger partial charge in [-0.15, -0.1) is 13.2 Å². The zero-order valence-corrected chi connectivity index (χ0v) is 22.3. The number of nitrogens with zero attached hydrogens (tertiary/aromatic N) is 5. The van der Waals surface area contributed by atoms with Gasteiger partial charge in [-0.25, -0.2) is 18.2 Å². The highest BCUT2D eigenvalue weighted by Crippen LogP contribution is 2.35. The fourth-order valence-corrected chi connectivity index (χ4v) is 5.18. The Morgan fingerprint density at radius 3 is 2.50 bits per heavy atom. The molecule has 40 heavy (non-hydrogen) atoms. The molecule has 0 amide bonds. The Kier molecular flexibility index (Phi) is 7.10. The Labute approximate surface area is 227 Å². The van der Waals surface area contributed by atoms with Crippen molar-refractivity contribution in [1.82, 2.24) is 24.2 Å². The first kappa shape index (κ1) is 28.0. The number of ether oxygens (including phenoxy) is 1. The van der Waals surface area contributed by atoms with Crippen molar-refractivity contribution in [2.75, 3.05) is 13.1 Å². The van der Waals surface area contributed by atoms with Gasteiger partial charge in [0.25, 0.3) is 5.92 Å². The van der Waals surface area contributed by atoms with Gasteiger partial charge in [0.2, 0.25) is 0 Å². The van der Waals surface area contributed by atoms with E-state index >= 15 is 0 Å². The molecular weight excluding hydrogens is 536 g/mol. The predicted octanol–water partition coefficient (Wildman–Crippen LogP) is 6.91. The number of piperidine rings is 1. The zero-order chi connectivity index (χ0) is 28.9. The Hall–Kier alpha value is -3.54. The number of rotatable bonds is 7. The molecule has 1 aromatic carbocycles. The van der Waals surface area contributed by atoms with Gasteiger partial charge in [-0.1, -0.05) is 0 Å². The van der Waals surface area contributed by atoms with Crippen molar-refractivity contribution in [1.29, 1.82) is 0 Å². The van der Waals surface area contributed by atoms with E-state index in [1.165, 1.54) is 6.07 Å². The molecule has 6 nitrogen and oxygen atoms in total. The minimum atomic E-state index is -5.01. The van der Waals surface area contributed by atoms with E-state index in [4.69, 9.17) is 4.98 Å². The number of aromatic nitrogens is 4. The fraction of sp³-hybridized carbons (Fsp3) is 0.429. The van der Waals surface area contributed by atoms with Crippen LogP contribution >= 0.6 is 0 Å². The normalized spacial score (nSPS) is 16.5. The third kappa shape index (κ3) is 5.96. The van der Waals surface area contributed by atoms with Gasteiger partial charge in [-0.05, 0) is 75.5 Å². The average Bonchev–Trinajstić information content (AvgIpc) is 3.45. The number of alkyl halides is 5. The lowest BCUT2D eigenvalue weighted by Gasteiger charge is -2.43. The van der Waals surface area contributed by atoms with E-state index in [1.807, 2.05) is 31.0 Å². The summed E-state index contributed by atoms with van der Waals surface area (Å²) in [6.45, 7) is 4.31. The van der Waals surface area contributed by atoms with Crippen LogP contribution in [0.4, 0.5) is 26.3 Å². The molecule has 0 bridgehead atoms. The zero-order valence-electron chi connectivity index (χ0n) is 22.3. The summed E-state index contributed by atoms with van der Waals surface area (Å²) in [6.07, 6.45) is 0.245. The van der Waals surface area contributed by atoms with Crippen LogP contribution in [-0.4, -0.2) is 55.1 Å². The van der Waals surface area contributed by atoms with Crippen LogP contribution in [0.2, 0.25) is 0 Å². The number of fused-ring (bicyclic) bond motifs is 1. The summed E-state index contributed by atoms with van der Waals surface area (Å²) < 4.78 is 87.5. The molecule has 4 heterocycles. The van der Waals surface area contributed by atoms with Crippen LogP contribution in [-0.2, 0) is 13.5 Å². The van der Waals surface area contributed by atoms with Gasteiger partial charge in [0, 0.05) is 48.4 Å². The largest absolute Gasteiger partial charge is 0.573 e. The van der Waals surface area contributed by atoms with Crippen molar-refractivity contribution in [3.05, 3.63) is 60.2 Å². The van der Waals surface area contributed by atoms with E-state index < -0.39 is 29.4 Å². The second kappa shape index (κ2) is 10.1. The molecule has 0 radical (unpaired) electrons. The summed E-state index contributed by atoms with van der Waals surface area (Å²) in [7, 11) is 1.78. The van der Waals surface area contributed by atoms with E-state index in [1.54, 1.807) is 34.6 Å². The summed E-state index contributed by atoms with van der Waals surface area (Å²) in [4.78, 5) is 6.58. The Bertz CT molecular complexity index is 1520. The molecule has 0 aliphatic carbocycles. The molecule has 1 fully saturated rings. The number of halogens is 6.